The molecule has 0 bridgehead atoms. The fourth-order valence-corrected chi connectivity index (χ4v) is 6.93. The molecule has 4 aromatic rings. The minimum absolute atomic E-state index is 0.0461. The molecule has 0 amide bonds. The van der Waals surface area contributed by atoms with Crippen LogP contribution in [0, 0.1) is 11.3 Å². The van der Waals surface area contributed by atoms with E-state index in [9.17, 15) is 0 Å². The minimum Gasteiger partial charge on any atom is -0.497 e. The normalized spacial score (nSPS) is 19.6. The van der Waals surface area contributed by atoms with Crippen molar-refractivity contribution in [3.05, 3.63) is 119 Å². The lowest BCUT2D eigenvalue weighted by atomic mass is 9.55. The van der Waals surface area contributed by atoms with Gasteiger partial charge in [0, 0.05) is 5.41 Å². The molecular formula is C38H44O4. The summed E-state index contributed by atoms with van der Waals surface area (Å²) >= 11 is 0. The second kappa shape index (κ2) is 12.9. The van der Waals surface area contributed by atoms with Crippen molar-refractivity contribution in [3.63, 3.8) is 0 Å². The maximum absolute atomic E-state index is 5.99. The van der Waals surface area contributed by atoms with Gasteiger partial charge in [0.1, 0.15) is 23.0 Å². The topological polar surface area (TPSA) is 36.9 Å². The molecule has 2 atom stereocenters. The van der Waals surface area contributed by atoms with E-state index in [-0.39, 0.29) is 17.6 Å². The predicted molar refractivity (Wildman–Crippen MR) is 170 cm³/mol. The van der Waals surface area contributed by atoms with Gasteiger partial charge in [0.2, 0.25) is 6.79 Å². The molecular weight excluding hydrogens is 520 g/mol. The second-order valence-corrected chi connectivity index (χ2v) is 12.5. The van der Waals surface area contributed by atoms with Gasteiger partial charge >= 0.3 is 0 Å². The van der Waals surface area contributed by atoms with Crippen LogP contribution in [0.15, 0.2) is 97.1 Å². The van der Waals surface area contributed by atoms with Gasteiger partial charge in [-0.2, -0.15) is 0 Å². The maximum Gasteiger partial charge on any atom is 0.230 e. The molecule has 1 fully saturated rings. The molecule has 0 spiro atoms. The lowest BCUT2D eigenvalue weighted by Gasteiger charge is -2.48. The average molecular weight is 565 g/mol. The van der Waals surface area contributed by atoms with Crippen molar-refractivity contribution in [1.29, 1.82) is 0 Å². The van der Waals surface area contributed by atoms with E-state index in [1.165, 1.54) is 28.7 Å². The Morgan fingerprint density at radius 2 is 1.07 bits per heavy atom. The number of hydrogen-bond donors (Lipinski definition) is 0. The smallest absolute Gasteiger partial charge is 0.230 e. The highest BCUT2D eigenvalue weighted by Gasteiger charge is 2.45. The van der Waals surface area contributed by atoms with Gasteiger partial charge in [-0.05, 0) is 115 Å². The summed E-state index contributed by atoms with van der Waals surface area (Å²) in [5, 5.41) is 0. The zero-order chi connectivity index (χ0) is 29.6. The van der Waals surface area contributed by atoms with Crippen molar-refractivity contribution in [2.45, 2.75) is 58.8 Å². The SMILES string of the molecule is CCOc1ccc(Cc2ccc(OCOc3ccc(C4(c5ccc(OC)cc5)CC(C)CC(C)(C)C4)cc3)cc2)cc1. The Balaban J connectivity index is 1.21. The fourth-order valence-electron chi connectivity index (χ4n) is 6.93. The molecule has 2 unspecified atom stereocenters. The van der Waals surface area contributed by atoms with Gasteiger partial charge in [-0.3, -0.25) is 0 Å². The summed E-state index contributed by atoms with van der Waals surface area (Å²) < 4.78 is 22.9. The van der Waals surface area contributed by atoms with Crippen LogP contribution in [0.2, 0.25) is 0 Å². The summed E-state index contributed by atoms with van der Waals surface area (Å²) in [5.41, 5.74) is 5.38. The van der Waals surface area contributed by atoms with E-state index < -0.39 is 0 Å². The van der Waals surface area contributed by atoms with E-state index in [2.05, 4.69) is 93.6 Å². The third kappa shape index (κ3) is 7.10. The highest BCUT2D eigenvalue weighted by molar-refractivity contribution is 5.44. The highest BCUT2D eigenvalue weighted by Crippen LogP contribution is 2.53. The molecule has 0 aromatic heterocycles. The molecule has 1 aliphatic carbocycles. The lowest BCUT2D eigenvalue weighted by Crippen LogP contribution is -2.41. The first-order chi connectivity index (χ1) is 20.3. The maximum atomic E-state index is 5.99. The summed E-state index contributed by atoms with van der Waals surface area (Å²) in [6, 6.07) is 33.8. The number of rotatable bonds is 11. The van der Waals surface area contributed by atoms with Crippen LogP contribution in [-0.4, -0.2) is 20.5 Å². The summed E-state index contributed by atoms with van der Waals surface area (Å²) in [6.45, 7) is 10.0. The first-order valence-electron chi connectivity index (χ1n) is 15.1. The van der Waals surface area contributed by atoms with E-state index in [0.717, 1.165) is 42.3 Å². The van der Waals surface area contributed by atoms with Gasteiger partial charge in [0.25, 0.3) is 0 Å². The Labute approximate surface area is 251 Å². The second-order valence-electron chi connectivity index (χ2n) is 12.5. The predicted octanol–water partition coefficient (Wildman–Crippen LogP) is 9.23. The summed E-state index contributed by atoms with van der Waals surface area (Å²) in [6.07, 6.45) is 4.34. The molecule has 0 radical (unpaired) electrons. The third-order valence-electron chi connectivity index (χ3n) is 8.44. The van der Waals surface area contributed by atoms with Crippen molar-refractivity contribution in [1.82, 2.24) is 0 Å². The average Bonchev–Trinajstić information content (AvgIpc) is 2.98. The summed E-state index contributed by atoms with van der Waals surface area (Å²) in [5.74, 6) is 4.03. The van der Waals surface area contributed by atoms with Gasteiger partial charge in [0.15, 0.2) is 0 Å². The van der Waals surface area contributed by atoms with E-state index in [1.807, 2.05) is 31.2 Å². The molecule has 5 rings (SSSR count). The van der Waals surface area contributed by atoms with Gasteiger partial charge in [-0.1, -0.05) is 69.3 Å². The number of ether oxygens (including phenoxy) is 4. The molecule has 4 heteroatoms. The van der Waals surface area contributed by atoms with Crippen molar-refractivity contribution in [3.8, 4) is 23.0 Å². The Morgan fingerprint density at radius 1 is 0.619 bits per heavy atom. The molecule has 220 valence electrons. The minimum atomic E-state index is -0.0461. The van der Waals surface area contributed by atoms with E-state index in [1.54, 1.807) is 7.11 Å². The molecule has 4 nitrogen and oxygen atoms in total. The van der Waals surface area contributed by atoms with Crippen molar-refractivity contribution >= 4 is 0 Å². The molecule has 1 aliphatic rings. The van der Waals surface area contributed by atoms with Crippen molar-refractivity contribution in [2.75, 3.05) is 20.5 Å². The Bertz CT molecular complexity index is 1410. The summed E-state index contributed by atoms with van der Waals surface area (Å²) in [7, 11) is 1.72. The van der Waals surface area contributed by atoms with Crippen LogP contribution >= 0.6 is 0 Å². The highest BCUT2D eigenvalue weighted by atomic mass is 16.7. The summed E-state index contributed by atoms with van der Waals surface area (Å²) in [4.78, 5) is 0. The first kappa shape index (κ1) is 29.6. The Kier molecular flexibility index (Phi) is 9.11. The van der Waals surface area contributed by atoms with Crippen LogP contribution in [0.3, 0.4) is 0 Å². The van der Waals surface area contributed by atoms with E-state index in [4.69, 9.17) is 18.9 Å². The van der Waals surface area contributed by atoms with Crippen LogP contribution in [0.25, 0.3) is 0 Å². The van der Waals surface area contributed by atoms with Crippen molar-refractivity contribution in [2.24, 2.45) is 11.3 Å². The molecule has 0 N–H and O–H groups in total. The van der Waals surface area contributed by atoms with E-state index in [0.29, 0.717) is 12.5 Å². The fraction of sp³-hybridized carbons (Fsp3) is 0.368. The lowest BCUT2D eigenvalue weighted by molar-refractivity contribution is 0.119. The molecule has 0 saturated heterocycles. The van der Waals surface area contributed by atoms with Gasteiger partial charge in [0.05, 0.1) is 13.7 Å². The van der Waals surface area contributed by atoms with E-state index >= 15 is 0 Å². The standard InChI is InChI=1S/C38H44O4/c1-6-40-34-15-7-29(8-16-34)23-30-9-17-35(18-10-30)41-27-42-36-21-13-32(14-22-36)38(25-28(2)24-37(3,4)26-38)31-11-19-33(39-5)20-12-31/h7-22,28H,6,23-27H2,1-5H3. The van der Waals surface area contributed by atoms with Crippen LogP contribution in [-0.2, 0) is 11.8 Å². The molecule has 1 saturated carbocycles. The van der Waals surface area contributed by atoms with Crippen LogP contribution in [0.5, 0.6) is 23.0 Å². The molecule has 0 aliphatic heterocycles. The monoisotopic (exact) mass is 564 g/mol. The Hall–Kier alpha value is -3.92. The zero-order valence-corrected chi connectivity index (χ0v) is 25.7. The quantitative estimate of drug-likeness (QED) is 0.170. The van der Waals surface area contributed by atoms with Crippen LogP contribution < -0.4 is 18.9 Å². The molecule has 4 aromatic carbocycles. The van der Waals surface area contributed by atoms with Gasteiger partial charge < -0.3 is 18.9 Å². The molecule has 42 heavy (non-hydrogen) atoms. The number of hydrogen-bond acceptors (Lipinski definition) is 4. The molecule has 0 heterocycles. The number of benzene rings is 4. The van der Waals surface area contributed by atoms with Gasteiger partial charge in [-0.15, -0.1) is 0 Å². The van der Waals surface area contributed by atoms with Gasteiger partial charge in [-0.25, -0.2) is 0 Å². The number of methoxy groups -OCH3 is 1. The van der Waals surface area contributed by atoms with Crippen LogP contribution in [0.4, 0.5) is 0 Å². The Morgan fingerprint density at radius 3 is 1.52 bits per heavy atom. The van der Waals surface area contributed by atoms with Crippen LogP contribution in [0.1, 0.15) is 69.2 Å². The zero-order valence-electron chi connectivity index (χ0n) is 25.7. The third-order valence-corrected chi connectivity index (χ3v) is 8.44. The van der Waals surface area contributed by atoms with Crippen molar-refractivity contribution < 1.29 is 18.9 Å². The largest absolute Gasteiger partial charge is 0.497 e. The first-order valence-corrected chi connectivity index (χ1v) is 15.1.